The summed E-state index contributed by atoms with van der Waals surface area (Å²) in [6.45, 7) is 2.76. The molecular weight excluding hydrogens is 518 g/mol. The van der Waals surface area contributed by atoms with E-state index in [9.17, 15) is 19.2 Å². The molecule has 0 aromatic heterocycles. The smallest absolute Gasteiger partial charge is 0.303 e. The summed E-state index contributed by atoms with van der Waals surface area (Å²) >= 11 is 0. The van der Waals surface area contributed by atoms with Crippen LogP contribution in [0.4, 0.5) is 0 Å². The molecule has 0 spiro atoms. The molecule has 0 aliphatic carbocycles. The average molecular weight is 562 g/mol. The quantitative estimate of drug-likeness (QED) is 0.0451. The molecular formula is C23H44BN4O9P. The number of hydrogen-bond acceptors (Lipinski definition) is 9. The van der Waals surface area contributed by atoms with Crippen LogP contribution in [0.25, 0.3) is 0 Å². The molecule has 0 fully saturated rings. The van der Waals surface area contributed by atoms with Crippen LogP contribution >= 0.6 is 8.86 Å². The molecule has 0 aliphatic heterocycles. The number of carbonyl (C=O) groups is 4. The van der Waals surface area contributed by atoms with Crippen LogP contribution < -0.4 is 21.7 Å². The number of hydrogen-bond donors (Lipinski definition) is 5. The van der Waals surface area contributed by atoms with E-state index in [0.29, 0.717) is 39.3 Å². The number of nitrogens with two attached hydrogens (primary N) is 1. The minimum absolute atomic E-state index is 0.0299. The molecule has 0 aliphatic rings. The second kappa shape index (κ2) is 25.2. The maximum Gasteiger partial charge on any atom is 0.303 e. The van der Waals surface area contributed by atoms with Gasteiger partial charge in [-0.2, -0.15) is 0 Å². The SMILES string of the molecule is BC(=P)[C@@H](N)CCCCNC(=O)COCCOCCNC(=O)COCCOCCNC(=O)CCCC(=O)O. The fraction of sp³-hybridized carbons (Fsp3) is 0.783. The lowest BCUT2D eigenvalue weighted by atomic mass is 9.94. The highest BCUT2D eigenvalue weighted by Gasteiger charge is 2.05. The monoisotopic (exact) mass is 562 g/mol. The van der Waals surface area contributed by atoms with Crippen molar-refractivity contribution in [2.45, 2.75) is 44.6 Å². The number of carboxylic acids is 1. The van der Waals surface area contributed by atoms with Crippen molar-refractivity contribution in [2.24, 2.45) is 5.73 Å². The van der Waals surface area contributed by atoms with Crippen molar-refractivity contribution in [2.75, 3.05) is 72.5 Å². The van der Waals surface area contributed by atoms with Crippen molar-refractivity contribution in [3.8, 4) is 0 Å². The molecule has 1 atom stereocenters. The lowest BCUT2D eigenvalue weighted by Crippen LogP contribution is -2.32. The second-order valence-electron chi connectivity index (χ2n) is 8.41. The van der Waals surface area contributed by atoms with Crippen LogP contribution in [0.5, 0.6) is 0 Å². The molecule has 0 bridgehead atoms. The number of amides is 3. The predicted octanol–water partition coefficient (Wildman–Crippen LogP) is -1.94. The standard InChI is InChI=1S/C23H44BN4O9P/c24-23(38)18(25)4-1-2-7-26-20(30)16-36-14-13-35-11-9-28-21(31)17-37-15-12-34-10-8-27-19(29)5-3-6-22(32)33/h18,38H,1-17,24-25H2,(H,26,30)(H,27,29)(H,28,31)(H,32,33)/t18-/m0/s1. The first-order chi connectivity index (χ1) is 18.2. The molecule has 38 heavy (non-hydrogen) atoms. The van der Waals surface area contributed by atoms with E-state index in [-0.39, 0.29) is 76.2 Å². The second-order valence-corrected chi connectivity index (χ2v) is 9.20. The maximum atomic E-state index is 11.7. The van der Waals surface area contributed by atoms with Gasteiger partial charge in [-0.3, -0.25) is 19.2 Å². The molecule has 13 nitrogen and oxygen atoms in total. The maximum absolute atomic E-state index is 11.7. The number of unbranched alkanes of at least 4 members (excludes halogenated alkanes) is 1. The van der Waals surface area contributed by atoms with Gasteiger partial charge in [-0.15, -0.1) is 8.86 Å². The summed E-state index contributed by atoms with van der Waals surface area (Å²) in [5, 5.41) is 17.6. The van der Waals surface area contributed by atoms with Crippen LogP contribution in [0.2, 0.25) is 0 Å². The third-order valence-electron chi connectivity index (χ3n) is 4.96. The molecule has 0 radical (unpaired) electrons. The van der Waals surface area contributed by atoms with Crippen LogP contribution in [0.1, 0.15) is 38.5 Å². The molecule has 0 aromatic carbocycles. The molecule has 3 amide bonds. The molecule has 0 aromatic rings. The molecule has 0 saturated carbocycles. The van der Waals surface area contributed by atoms with E-state index in [2.05, 4.69) is 24.8 Å². The van der Waals surface area contributed by atoms with Crippen LogP contribution in [-0.4, -0.2) is 120 Å². The first kappa shape index (κ1) is 35.9. The first-order valence-corrected chi connectivity index (χ1v) is 13.4. The minimum atomic E-state index is -0.924. The summed E-state index contributed by atoms with van der Waals surface area (Å²) in [6, 6.07) is 0.0311. The fourth-order valence-electron chi connectivity index (χ4n) is 2.82. The molecule has 0 heterocycles. The number of aliphatic carboxylic acids is 1. The van der Waals surface area contributed by atoms with Crippen molar-refractivity contribution in [3.63, 3.8) is 0 Å². The summed E-state index contributed by atoms with van der Waals surface area (Å²) in [7, 11) is 5.36. The zero-order valence-corrected chi connectivity index (χ0v) is 23.4. The lowest BCUT2D eigenvalue weighted by molar-refractivity contribution is -0.137. The molecule has 218 valence electrons. The van der Waals surface area contributed by atoms with Crippen LogP contribution in [0, 0.1) is 0 Å². The van der Waals surface area contributed by atoms with E-state index in [1.807, 2.05) is 7.85 Å². The number of rotatable bonds is 26. The van der Waals surface area contributed by atoms with E-state index in [1.165, 1.54) is 0 Å². The van der Waals surface area contributed by atoms with Gasteiger partial charge in [0.05, 0.1) is 39.6 Å². The van der Waals surface area contributed by atoms with E-state index >= 15 is 0 Å². The van der Waals surface area contributed by atoms with Gasteiger partial charge in [-0.25, -0.2) is 0 Å². The summed E-state index contributed by atoms with van der Waals surface area (Å²) in [6.07, 6.45) is 3.08. The molecule has 0 saturated heterocycles. The summed E-state index contributed by atoms with van der Waals surface area (Å²) in [5.41, 5.74) is 5.91. The Kier molecular flexibility index (Phi) is 23.8. The Morgan fingerprint density at radius 2 is 1.21 bits per heavy atom. The van der Waals surface area contributed by atoms with Gasteiger partial charge < -0.3 is 45.7 Å². The molecule has 0 rings (SSSR count). The van der Waals surface area contributed by atoms with Gasteiger partial charge in [-0.1, -0.05) is 5.19 Å². The van der Waals surface area contributed by atoms with Gasteiger partial charge in [0.25, 0.3) is 0 Å². The lowest BCUT2D eigenvalue weighted by Gasteiger charge is -2.11. The predicted molar refractivity (Wildman–Crippen MR) is 147 cm³/mol. The van der Waals surface area contributed by atoms with E-state index in [1.54, 1.807) is 0 Å². The van der Waals surface area contributed by atoms with Gasteiger partial charge in [-0.05, 0) is 25.7 Å². The third-order valence-corrected chi connectivity index (χ3v) is 5.33. The van der Waals surface area contributed by atoms with Gasteiger partial charge in [0.1, 0.15) is 21.1 Å². The Labute approximate surface area is 227 Å². The molecule has 6 N–H and O–H groups in total. The Morgan fingerprint density at radius 1 is 0.711 bits per heavy atom. The molecule has 15 heteroatoms. The topological polar surface area (TPSA) is 188 Å². The van der Waals surface area contributed by atoms with Crippen molar-refractivity contribution in [1.82, 2.24) is 16.0 Å². The number of nitrogens with one attached hydrogen (secondary N) is 3. The van der Waals surface area contributed by atoms with Gasteiger partial charge >= 0.3 is 5.97 Å². The van der Waals surface area contributed by atoms with E-state index in [0.717, 1.165) is 24.5 Å². The van der Waals surface area contributed by atoms with Gasteiger partial charge in [0.15, 0.2) is 0 Å². The van der Waals surface area contributed by atoms with Crippen LogP contribution in [0.15, 0.2) is 0 Å². The largest absolute Gasteiger partial charge is 0.481 e. The summed E-state index contributed by atoms with van der Waals surface area (Å²) in [5.74, 6) is -1.60. The van der Waals surface area contributed by atoms with E-state index < -0.39 is 5.97 Å². The Balaban J connectivity index is 3.38. The zero-order chi connectivity index (χ0) is 28.4. The molecule has 0 unspecified atom stereocenters. The summed E-state index contributed by atoms with van der Waals surface area (Å²) in [4.78, 5) is 45.2. The van der Waals surface area contributed by atoms with Gasteiger partial charge in [0, 0.05) is 38.5 Å². The number of ether oxygens (including phenoxy) is 4. The van der Waals surface area contributed by atoms with Crippen molar-refractivity contribution >= 4 is 45.6 Å². The zero-order valence-electron chi connectivity index (χ0n) is 22.4. The number of carbonyl (C=O) groups excluding carboxylic acids is 3. The normalized spacial score (nSPS) is 11.5. The first-order valence-electron chi connectivity index (χ1n) is 12.9. The summed E-state index contributed by atoms with van der Waals surface area (Å²) < 4.78 is 21.1. The Bertz CT molecular complexity index is 704. The Hall–Kier alpha value is -2.09. The highest BCUT2D eigenvalue weighted by molar-refractivity contribution is 7.28. The average Bonchev–Trinajstić information content (AvgIpc) is 2.86. The highest BCUT2D eigenvalue weighted by Crippen LogP contribution is 1.99. The minimum Gasteiger partial charge on any atom is -0.481 e. The van der Waals surface area contributed by atoms with E-state index in [4.69, 9.17) is 29.8 Å². The van der Waals surface area contributed by atoms with Crippen LogP contribution in [0.3, 0.4) is 0 Å². The fourth-order valence-corrected chi connectivity index (χ4v) is 2.96. The van der Waals surface area contributed by atoms with Crippen molar-refractivity contribution < 1.29 is 43.2 Å². The third kappa shape index (κ3) is 25.6. The van der Waals surface area contributed by atoms with Crippen molar-refractivity contribution in [3.05, 3.63) is 0 Å². The highest BCUT2D eigenvalue weighted by atomic mass is 31.0. The van der Waals surface area contributed by atoms with Gasteiger partial charge in [0.2, 0.25) is 17.7 Å². The van der Waals surface area contributed by atoms with Crippen LogP contribution in [-0.2, 0) is 38.1 Å². The Morgan fingerprint density at radius 3 is 1.74 bits per heavy atom. The van der Waals surface area contributed by atoms with Crippen molar-refractivity contribution in [1.29, 1.82) is 0 Å². The number of carboxylic acid groups (broad SMARTS) is 1.